The molecule has 5 nitrogen and oxygen atoms in total. The van der Waals surface area contributed by atoms with Crippen LogP contribution in [0.4, 0.5) is 10.1 Å². The Labute approximate surface area is 134 Å². The lowest BCUT2D eigenvalue weighted by Crippen LogP contribution is -2.14. The normalized spacial score (nSPS) is 10.1. The fourth-order valence-electron chi connectivity index (χ4n) is 2.16. The molecule has 0 aliphatic rings. The van der Waals surface area contributed by atoms with Gasteiger partial charge in [0.2, 0.25) is 5.75 Å². The summed E-state index contributed by atoms with van der Waals surface area (Å²) in [5.74, 6) is 0.0688. The predicted octanol–water partition coefficient (Wildman–Crippen LogP) is 3.41. The number of aryl methyl sites for hydroxylation is 1. The van der Waals surface area contributed by atoms with E-state index in [0.29, 0.717) is 22.9 Å². The number of hydrogen-bond acceptors (Lipinski definition) is 4. The molecule has 0 heterocycles. The highest BCUT2D eigenvalue weighted by Crippen LogP contribution is 2.40. The molecule has 23 heavy (non-hydrogen) atoms. The molecule has 6 heteroatoms. The fraction of sp³-hybridized carbons (Fsp3) is 0.235. The van der Waals surface area contributed by atoms with Gasteiger partial charge in [-0.25, -0.2) is 4.39 Å². The summed E-state index contributed by atoms with van der Waals surface area (Å²) in [6, 6.07) is 7.58. The third kappa shape index (κ3) is 3.53. The number of carbonyl (C=O) groups excluding carboxylic acids is 1. The van der Waals surface area contributed by atoms with Crippen LogP contribution in [-0.4, -0.2) is 27.2 Å². The molecule has 0 atom stereocenters. The SMILES string of the molecule is COc1cc(NC(=O)c2ccc(C)cc2F)cc(OC)c1OC. The van der Waals surface area contributed by atoms with Crippen LogP contribution in [0.1, 0.15) is 15.9 Å². The maximum Gasteiger partial charge on any atom is 0.258 e. The van der Waals surface area contributed by atoms with Gasteiger partial charge in [-0.15, -0.1) is 0 Å². The van der Waals surface area contributed by atoms with Crippen molar-refractivity contribution < 1.29 is 23.4 Å². The van der Waals surface area contributed by atoms with Gasteiger partial charge in [-0.2, -0.15) is 0 Å². The Morgan fingerprint density at radius 2 is 1.61 bits per heavy atom. The van der Waals surface area contributed by atoms with Crippen molar-refractivity contribution in [3.63, 3.8) is 0 Å². The number of benzene rings is 2. The zero-order chi connectivity index (χ0) is 17.0. The van der Waals surface area contributed by atoms with Crippen LogP contribution in [0.15, 0.2) is 30.3 Å². The third-order valence-corrected chi connectivity index (χ3v) is 3.29. The Kier molecular flexibility index (Phi) is 5.05. The monoisotopic (exact) mass is 319 g/mol. The first-order valence-electron chi connectivity index (χ1n) is 6.87. The molecule has 0 saturated carbocycles. The van der Waals surface area contributed by atoms with Crippen LogP contribution in [0.5, 0.6) is 17.2 Å². The molecule has 1 N–H and O–H groups in total. The van der Waals surface area contributed by atoms with Crippen LogP contribution in [0, 0.1) is 12.7 Å². The lowest BCUT2D eigenvalue weighted by atomic mass is 10.1. The van der Waals surface area contributed by atoms with Gasteiger partial charge in [0.05, 0.1) is 26.9 Å². The Balaban J connectivity index is 2.34. The van der Waals surface area contributed by atoms with Crippen molar-refractivity contribution in [2.45, 2.75) is 6.92 Å². The quantitative estimate of drug-likeness (QED) is 0.917. The summed E-state index contributed by atoms with van der Waals surface area (Å²) in [4.78, 5) is 12.2. The van der Waals surface area contributed by atoms with Gasteiger partial charge in [-0.05, 0) is 24.6 Å². The summed E-state index contributed by atoms with van der Waals surface area (Å²) in [6.45, 7) is 1.75. The number of rotatable bonds is 5. The molecule has 0 aromatic heterocycles. The van der Waals surface area contributed by atoms with Gasteiger partial charge < -0.3 is 19.5 Å². The van der Waals surface area contributed by atoms with Crippen molar-refractivity contribution in [1.29, 1.82) is 0 Å². The highest BCUT2D eigenvalue weighted by Gasteiger charge is 2.16. The molecule has 0 bridgehead atoms. The summed E-state index contributed by atoms with van der Waals surface area (Å²) < 4.78 is 29.5. The second kappa shape index (κ2) is 7.00. The number of halogens is 1. The van der Waals surface area contributed by atoms with E-state index in [1.54, 1.807) is 25.1 Å². The maximum atomic E-state index is 13.9. The number of ether oxygens (including phenoxy) is 3. The summed E-state index contributed by atoms with van der Waals surface area (Å²) in [7, 11) is 4.44. The van der Waals surface area contributed by atoms with Crippen molar-refractivity contribution in [2.75, 3.05) is 26.6 Å². The van der Waals surface area contributed by atoms with E-state index in [-0.39, 0.29) is 5.56 Å². The first kappa shape index (κ1) is 16.6. The Morgan fingerprint density at radius 3 is 2.09 bits per heavy atom. The second-order valence-electron chi connectivity index (χ2n) is 4.85. The van der Waals surface area contributed by atoms with Gasteiger partial charge in [-0.1, -0.05) is 6.07 Å². The summed E-state index contributed by atoms with van der Waals surface area (Å²) in [6.07, 6.45) is 0. The Morgan fingerprint density at radius 1 is 1.00 bits per heavy atom. The molecule has 2 aromatic carbocycles. The number of methoxy groups -OCH3 is 3. The van der Waals surface area contributed by atoms with Crippen LogP contribution >= 0.6 is 0 Å². The molecular weight excluding hydrogens is 301 g/mol. The summed E-state index contributed by atoms with van der Waals surface area (Å²) in [5, 5.41) is 2.62. The van der Waals surface area contributed by atoms with Crippen molar-refractivity contribution in [2.24, 2.45) is 0 Å². The van der Waals surface area contributed by atoms with E-state index in [1.807, 2.05) is 0 Å². The lowest BCUT2D eigenvalue weighted by molar-refractivity contribution is 0.102. The van der Waals surface area contributed by atoms with Gasteiger partial charge >= 0.3 is 0 Å². The van der Waals surface area contributed by atoms with E-state index in [0.717, 1.165) is 5.56 Å². The van der Waals surface area contributed by atoms with Crippen LogP contribution in [0.2, 0.25) is 0 Å². The average Bonchev–Trinajstić information content (AvgIpc) is 2.53. The number of nitrogens with one attached hydrogen (secondary N) is 1. The topological polar surface area (TPSA) is 56.8 Å². The average molecular weight is 319 g/mol. The van der Waals surface area contributed by atoms with E-state index in [2.05, 4.69) is 5.32 Å². The molecule has 0 radical (unpaired) electrons. The molecule has 0 aliphatic heterocycles. The van der Waals surface area contributed by atoms with Gasteiger partial charge in [0, 0.05) is 17.8 Å². The number of hydrogen-bond donors (Lipinski definition) is 1. The van der Waals surface area contributed by atoms with Gasteiger partial charge in [0.15, 0.2) is 11.5 Å². The van der Waals surface area contributed by atoms with E-state index < -0.39 is 11.7 Å². The molecule has 0 spiro atoms. The minimum atomic E-state index is -0.574. The molecule has 2 rings (SSSR count). The van der Waals surface area contributed by atoms with E-state index in [4.69, 9.17) is 14.2 Å². The lowest BCUT2D eigenvalue weighted by Gasteiger charge is -2.14. The largest absolute Gasteiger partial charge is 0.493 e. The molecule has 0 fully saturated rings. The Bertz CT molecular complexity index is 706. The molecule has 2 aromatic rings. The summed E-state index contributed by atoms with van der Waals surface area (Å²) >= 11 is 0. The first-order chi connectivity index (χ1) is 11.0. The van der Waals surface area contributed by atoms with E-state index in [1.165, 1.54) is 33.5 Å². The zero-order valence-electron chi connectivity index (χ0n) is 13.4. The van der Waals surface area contributed by atoms with Crippen LogP contribution in [0.25, 0.3) is 0 Å². The maximum absolute atomic E-state index is 13.9. The van der Waals surface area contributed by atoms with Crippen LogP contribution < -0.4 is 19.5 Å². The van der Waals surface area contributed by atoms with Crippen molar-refractivity contribution >= 4 is 11.6 Å². The molecular formula is C17H18FNO4. The smallest absolute Gasteiger partial charge is 0.258 e. The molecule has 0 saturated heterocycles. The minimum absolute atomic E-state index is 0.0376. The minimum Gasteiger partial charge on any atom is -0.493 e. The highest BCUT2D eigenvalue weighted by molar-refractivity contribution is 6.04. The standard InChI is InChI=1S/C17H18FNO4/c1-10-5-6-12(13(18)7-10)17(20)19-11-8-14(21-2)16(23-4)15(9-11)22-3/h5-9H,1-4H3,(H,19,20). The first-order valence-corrected chi connectivity index (χ1v) is 6.87. The number of anilines is 1. The fourth-order valence-corrected chi connectivity index (χ4v) is 2.16. The van der Waals surface area contributed by atoms with Gasteiger partial charge in [0.1, 0.15) is 5.82 Å². The number of carbonyl (C=O) groups is 1. The van der Waals surface area contributed by atoms with Crippen LogP contribution in [0.3, 0.4) is 0 Å². The summed E-state index contributed by atoms with van der Waals surface area (Å²) in [5.41, 5.74) is 1.11. The van der Waals surface area contributed by atoms with Crippen LogP contribution in [-0.2, 0) is 0 Å². The third-order valence-electron chi connectivity index (χ3n) is 3.29. The van der Waals surface area contributed by atoms with E-state index in [9.17, 15) is 9.18 Å². The molecule has 1 amide bonds. The zero-order valence-corrected chi connectivity index (χ0v) is 13.4. The van der Waals surface area contributed by atoms with E-state index >= 15 is 0 Å². The molecule has 0 unspecified atom stereocenters. The van der Waals surface area contributed by atoms with Gasteiger partial charge in [0.25, 0.3) is 5.91 Å². The Hall–Kier alpha value is -2.76. The van der Waals surface area contributed by atoms with Crippen molar-refractivity contribution in [1.82, 2.24) is 0 Å². The predicted molar refractivity (Wildman–Crippen MR) is 85.2 cm³/mol. The highest BCUT2D eigenvalue weighted by atomic mass is 19.1. The second-order valence-corrected chi connectivity index (χ2v) is 4.85. The van der Waals surface area contributed by atoms with Crippen molar-refractivity contribution in [3.05, 3.63) is 47.3 Å². The number of amides is 1. The molecule has 0 aliphatic carbocycles. The van der Waals surface area contributed by atoms with Gasteiger partial charge in [-0.3, -0.25) is 4.79 Å². The van der Waals surface area contributed by atoms with Crippen molar-refractivity contribution in [3.8, 4) is 17.2 Å². The molecule has 122 valence electrons.